The number of rotatable bonds is 5. The van der Waals surface area contributed by atoms with E-state index < -0.39 is 17.7 Å². The van der Waals surface area contributed by atoms with Crippen LogP contribution in [0.5, 0.6) is 0 Å². The van der Waals surface area contributed by atoms with Crippen LogP contribution in [0.1, 0.15) is 23.0 Å². The van der Waals surface area contributed by atoms with Gasteiger partial charge in [0.15, 0.2) is 5.76 Å². The average molecular weight is 470 g/mol. The highest BCUT2D eigenvalue weighted by molar-refractivity contribution is 9.10. The molecule has 0 aliphatic carbocycles. The van der Waals surface area contributed by atoms with Crippen LogP contribution < -0.4 is 0 Å². The van der Waals surface area contributed by atoms with Crippen LogP contribution in [-0.2, 0) is 14.3 Å². The first-order valence-corrected chi connectivity index (χ1v) is 10.2. The number of carbonyl (C=O) groups is 2. The maximum atomic E-state index is 13.0. The van der Waals surface area contributed by atoms with Crippen molar-refractivity contribution in [1.29, 1.82) is 0 Å². The monoisotopic (exact) mass is 469 g/mol. The first kappa shape index (κ1) is 20.3. The number of nitrogens with zero attached hydrogens (tertiary/aromatic N) is 3. The van der Waals surface area contributed by atoms with E-state index in [9.17, 15) is 14.7 Å². The Morgan fingerprint density at radius 3 is 2.77 bits per heavy atom. The van der Waals surface area contributed by atoms with E-state index in [-0.39, 0.29) is 24.5 Å². The molecule has 2 aromatic heterocycles. The van der Waals surface area contributed by atoms with Gasteiger partial charge in [0.25, 0.3) is 11.7 Å². The summed E-state index contributed by atoms with van der Waals surface area (Å²) in [4.78, 5) is 31.8. The first-order chi connectivity index (χ1) is 14.4. The Morgan fingerprint density at radius 2 is 2.03 bits per heavy atom. The zero-order chi connectivity index (χ0) is 21.4. The summed E-state index contributed by atoms with van der Waals surface area (Å²) in [6.45, 7) is 2.25. The predicted octanol–water partition coefficient (Wildman–Crippen LogP) is 3.47. The highest BCUT2D eigenvalue weighted by Gasteiger charge is 2.46. The van der Waals surface area contributed by atoms with Gasteiger partial charge in [-0.25, -0.2) is 4.98 Å². The summed E-state index contributed by atoms with van der Waals surface area (Å²) in [5.74, 6) is -1.63. The molecule has 1 amide bonds. The summed E-state index contributed by atoms with van der Waals surface area (Å²) in [5, 5.41) is 11.3. The van der Waals surface area contributed by atoms with Gasteiger partial charge in [-0.2, -0.15) is 0 Å². The number of aromatic nitrogens is 2. The molecule has 7 nitrogen and oxygen atoms in total. The van der Waals surface area contributed by atoms with Crippen LogP contribution in [0.25, 0.3) is 11.4 Å². The van der Waals surface area contributed by atoms with E-state index in [2.05, 4.69) is 20.9 Å². The Morgan fingerprint density at radius 1 is 1.23 bits per heavy atom. The molecule has 0 radical (unpaired) electrons. The highest BCUT2D eigenvalue weighted by atomic mass is 79.9. The van der Waals surface area contributed by atoms with Gasteiger partial charge < -0.3 is 14.7 Å². The van der Waals surface area contributed by atoms with Crippen LogP contribution in [0.4, 0.5) is 0 Å². The fourth-order valence-electron chi connectivity index (χ4n) is 3.85. The van der Waals surface area contributed by atoms with E-state index in [1.54, 1.807) is 17.5 Å². The van der Waals surface area contributed by atoms with Crippen LogP contribution >= 0.6 is 15.9 Å². The van der Waals surface area contributed by atoms with E-state index in [0.717, 1.165) is 4.47 Å². The third-order valence-electron chi connectivity index (χ3n) is 5.17. The molecule has 1 aliphatic heterocycles. The van der Waals surface area contributed by atoms with Crippen LogP contribution in [-0.4, -0.2) is 51.3 Å². The molecule has 1 N–H and O–H groups in total. The molecule has 0 saturated carbocycles. The molecular formula is C22H20BrN3O4. The second-order valence-corrected chi connectivity index (χ2v) is 7.93. The van der Waals surface area contributed by atoms with E-state index >= 15 is 0 Å². The summed E-state index contributed by atoms with van der Waals surface area (Å²) < 4.78 is 7.66. The average Bonchev–Trinajstić information content (AvgIpc) is 3.19. The van der Waals surface area contributed by atoms with Gasteiger partial charge in [-0.3, -0.25) is 14.0 Å². The molecule has 1 aromatic carbocycles. The van der Waals surface area contributed by atoms with Gasteiger partial charge in [-0.05, 0) is 36.8 Å². The normalized spacial score (nSPS) is 18.5. The Labute approximate surface area is 181 Å². The van der Waals surface area contributed by atoms with Crippen molar-refractivity contribution in [2.45, 2.75) is 13.0 Å². The number of imidazole rings is 1. The number of fused-ring (bicyclic) bond motifs is 1. The summed E-state index contributed by atoms with van der Waals surface area (Å²) in [5.41, 5.74) is 2.37. The molecule has 8 heteroatoms. The maximum Gasteiger partial charge on any atom is 0.295 e. The lowest BCUT2D eigenvalue weighted by Crippen LogP contribution is -2.32. The zero-order valence-corrected chi connectivity index (χ0v) is 18.1. The Hall–Kier alpha value is -2.97. The van der Waals surface area contributed by atoms with Crippen molar-refractivity contribution in [3.63, 3.8) is 0 Å². The molecule has 3 aromatic rings. The molecule has 3 heterocycles. The van der Waals surface area contributed by atoms with Crippen LogP contribution in [0.15, 0.2) is 58.7 Å². The lowest BCUT2D eigenvalue weighted by Gasteiger charge is -2.25. The number of amides is 1. The molecule has 0 spiro atoms. The lowest BCUT2D eigenvalue weighted by molar-refractivity contribution is -0.140. The predicted molar refractivity (Wildman–Crippen MR) is 115 cm³/mol. The van der Waals surface area contributed by atoms with Crippen LogP contribution in [0.2, 0.25) is 0 Å². The number of likely N-dealkylation sites (tertiary alicyclic amines) is 1. The molecule has 1 atom stereocenters. The second kappa shape index (κ2) is 8.04. The van der Waals surface area contributed by atoms with Crippen molar-refractivity contribution in [3.05, 3.63) is 75.7 Å². The number of hydrogen-bond donors (Lipinski definition) is 1. The fraction of sp³-hybridized carbons (Fsp3) is 0.227. The number of aliphatic hydroxyl groups excluding tert-OH is 1. The number of aliphatic hydroxyl groups is 1. The van der Waals surface area contributed by atoms with Crippen LogP contribution in [0.3, 0.4) is 0 Å². The second-order valence-electron chi connectivity index (χ2n) is 7.01. The number of Topliss-reactive ketones (excluding diaryl/α,β-unsaturated/α-hetero) is 1. The fourth-order valence-corrected chi connectivity index (χ4v) is 4.27. The van der Waals surface area contributed by atoms with Gasteiger partial charge in [-0.1, -0.05) is 34.1 Å². The molecule has 1 unspecified atom stereocenters. The lowest BCUT2D eigenvalue weighted by atomic mass is 9.96. The third-order valence-corrected chi connectivity index (χ3v) is 5.66. The zero-order valence-electron chi connectivity index (χ0n) is 16.5. The van der Waals surface area contributed by atoms with E-state index in [0.29, 0.717) is 22.6 Å². The number of ketones is 1. The number of pyridine rings is 1. The number of methoxy groups -OCH3 is 1. The molecule has 0 bridgehead atoms. The molecule has 4 rings (SSSR count). The van der Waals surface area contributed by atoms with Gasteiger partial charge in [0.05, 0.1) is 23.9 Å². The molecule has 1 saturated heterocycles. The minimum absolute atomic E-state index is 0.0444. The van der Waals surface area contributed by atoms with Crippen molar-refractivity contribution in [2.24, 2.45) is 0 Å². The molecule has 30 heavy (non-hydrogen) atoms. The summed E-state index contributed by atoms with van der Waals surface area (Å²) in [6.07, 6.45) is 1.76. The largest absolute Gasteiger partial charge is 0.505 e. The van der Waals surface area contributed by atoms with Crippen molar-refractivity contribution in [1.82, 2.24) is 14.3 Å². The number of benzene rings is 1. The van der Waals surface area contributed by atoms with Crippen LogP contribution in [0, 0.1) is 6.92 Å². The highest BCUT2D eigenvalue weighted by Crippen LogP contribution is 2.40. The SMILES string of the molecule is COCCN1C(=O)C(=O)/C(=C(/O)c2c(C)nc3ccccn23)C1c1cccc(Br)c1. The van der Waals surface area contributed by atoms with Gasteiger partial charge in [0, 0.05) is 24.3 Å². The van der Waals surface area contributed by atoms with Gasteiger partial charge in [0.1, 0.15) is 11.3 Å². The minimum Gasteiger partial charge on any atom is -0.505 e. The minimum atomic E-state index is -0.730. The maximum absolute atomic E-state index is 13.0. The Balaban J connectivity index is 1.95. The number of halogens is 1. The van der Waals surface area contributed by atoms with Gasteiger partial charge in [0.2, 0.25) is 0 Å². The number of hydrogen-bond acceptors (Lipinski definition) is 5. The smallest absolute Gasteiger partial charge is 0.295 e. The van der Waals surface area contributed by atoms with Crippen molar-refractivity contribution in [2.75, 3.05) is 20.3 Å². The molecule has 154 valence electrons. The van der Waals surface area contributed by atoms with Gasteiger partial charge in [-0.15, -0.1) is 0 Å². The van der Waals surface area contributed by atoms with Gasteiger partial charge >= 0.3 is 0 Å². The molecule has 1 fully saturated rings. The van der Waals surface area contributed by atoms with E-state index in [1.165, 1.54) is 12.0 Å². The van der Waals surface area contributed by atoms with E-state index in [4.69, 9.17) is 4.74 Å². The van der Waals surface area contributed by atoms with Crippen molar-refractivity contribution >= 4 is 39.0 Å². The van der Waals surface area contributed by atoms with E-state index in [1.807, 2.05) is 42.5 Å². The Kier molecular flexibility index (Phi) is 5.44. The topological polar surface area (TPSA) is 84.1 Å². The number of ether oxygens (including phenoxy) is 1. The quantitative estimate of drug-likeness (QED) is 0.351. The summed E-state index contributed by atoms with van der Waals surface area (Å²) >= 11 is 3.45. The standard InChI is InChI=1S/C22H20BrN3O4/c1-13-18(25-9-4-3-8-16(25)24-13)20(27)17-19(14-6-5-7-15(23)12-14)26(10-11-30-2)22(29)21(17)28/h3-9,12,19,27H,10-11H2,1-2H3/b20-17+. The number of carbonyl (C=O) groups excluding carboxylic acids is 2. The third kappa shape index (κ3) is 3.32. The van der Waals surface area contributed by atoms with Crippen molar-refractivity contribution < 1.29 is 19.4 Å². The summed E-state index contributed by atoms with van der Waals surface area (Å²) in [6, 6.07) is 12.1. The summed E-state index contributed by atoms with van der Waals surface area (Å²) in [7, 11) is 1.53. The number of aryl methyl sites for hydroxylation is 1. The molecular weight excluding hydrogens is 450 g/mol. The Bertz CT molecular complexity index is 1180. The molecule has 1 aliphatic rings. The van der Waals surface area contributed by atoms with Crippen molar-refractivity contribution in [3.8, 4) is 0 Å². The first-order valence-electron chi connectivity index (χ1n) is 9.41.